The Kier molecular flexibility index (Phi) is 5.03. The van der Waals surface area contributed by atoms with Gasteiger partial charge in [-0.1, -0.05) is 17.8 Å². The third-order valence-electron chi connectivity index (χ3n) is 4.85. The molecule has 1 aromatic carbocycles. The third-order valence-corrected chi connectivity index (χ3v) is 5.81. The van der Waals surface area contributed by atoms with E-state index in [0.717, 1.165) is 47.4 Å². The molecule has 0 atom stereocenters. The second-order valence-electron chi connectivity index (χ2n) is 6.61. The number of hydrogen-bond donors (Lipinski definition) is 1. The summed E-state index contributed by atoms with van der Waals surface area (Å²) < 4.78 is 7.38. The molecule has 1 aliphatic carbocycles. The van der Waals surface area contributed by atoms with E-state index < -0.39 is 0 Å². The lowest BCUT2D eigenvalue weighted by Gasteiger charge is -2.08. The van der Waals surface area contributed by atoms with Crippen molar-refractivity contribution in [2.75, 3.05) is 11.1 Å². The van der Waals surface area contributed by atoms with Crippen LogP contribution in [0.1, 0.15) is 30.2 Å². The summed E-state index contributed by atoms with van der Waals surface area (Å²) in [5.41, 5.74) is 4.55. The Labute approximate surface area is 162 Å². The van der Waals surface area contributed by atoms with Crippen LogP contribution in [0, 0.1) is 6.92 Å². The van der Waals surface area contributed by atoms with Gasteiger partial charge in [0.2, 0.25) is 5.91 Å². The number of rotatable bonds is 6. The minimum Gasteiger partial charge on any atom is -0.469 e. The Bertz CT molecular complexity index is 976. The average Bonchev–Trinajstić information content (AvgIpc) is 3.38. The van der Waals surface area contributed by atoms with E-state index in [0.29, 0.717) is 5.75 Å². The minimum atomic E-state index is -0.0374. The molecule has 0 bridgehead atoms. The van der Waals surface area contributed by atoms with Gasteiger partial charge in [0, 0.05) is 12.2 Å². The van der Waals surface area contributed by atoms with Crippen LogP contribution in [0.5, 0.6) is 0 Å². The molecule has 6 nitrogen and oxygen atoms in total. The Morgan fingerprint density at radius 3 is 2.89 bits per heavy atom. The van der Waals surface area contributed by atoms with Crippen LogP contribution in [0.2, 0.25) is 0 Å². The van der Waals surface area contributed by atoms with Crippen LogP contribution in [0.3, 0.4) is 0 Å². The molecule has 2 heterocycles. The number of anilines is 1. The number of carbonyl (C=O) groups excluding carboxylic acids is 1. The van der Waals surface area contributed by atoms with Gasteiger partial charge in [-0.15, -0.1) is 10.2 Å². The van der Waals surface area contributed by atoms with Crippen molar-refractivity contribution >= 4 is 23.4 Å². The first-order chi connectivity index (χ1) is 13.2. The second kappa shape index (κ2) is 7.60. The maximum absolute atomic E-state index is 12.4. The Hall–Kier alpha value is -2.54. The predicted octanol–water partition coefficient (Wildman–Crippen LogP) is 4.09. The zero-order chi connectivity index (χ0) is 18.8. The van der Waals surface area contributed by atoms with Crippen LogP contribution in [-0.4, -0.2) is 26.4 Å². The number of carbonyl (C=O) groups is 1. The van der Waals surface area contributed by atoms with Gasteiger partial charge in [-0.3, -0.25) is 4.79 Å². The molecule has 0 unspecified atom stereocenters. The van der Waals surface area contributed by atoms with Gasteiger partial charge in [0.05, 0.1) is 17.6 Å². The predicted molar refractivity (Wildman–Crippen MR) is 106 cm³/mol. The lowest BCUT2D eigenvalue weighted by molar-refractivity contribution is -0.113. The quantitative estimate of drug-likeness (QED) is 0.650. The van der Waals surface area contributed by atoms with Gasteiger partial charge in [0.15, 0.2) is 11.0 Å². The highest BCUT2D eigenvalue weighted by Crippen LogP contribution is 2.28. The SMILES string of the molecule is CCn1c(SCC(=O)Nc2ccc3c(c2)CCC3)nnc1-c1ccoc1C. The van der Waals surface area contributed by atoms with E-state index in [1.165, 1.54) is 29.3 Å². The second-order valence-corrected chi connectivity index (χ2v) is 7.56. The van der Waals surface area contributed by atoms with Crippen LogP contribution < -0.4 is 5.32 Å². The zero-order valence-electron chi connectivity index (χ0n) is 15.5. The molecule has 3 aromatic rings. The summed E-state index contributed by atoms with van der Waals surface area (Å²) in [6, 6.07) is 8.10. The van der Waals surface area contributed by atoms with E-state index in [1.54, 1.807) is 6.26 Å². The summed E-state index contributed by atoms with van der Waals surface area (Å²) in [5, 5.41) is 12.3. The molecule has 0 radical (unpaired) electrons. The number of fused-ring (bicyclic) bond motifs is 1. The number of furan rings is 1. The van der Waals surface area contributed by atoms with Crippen molar-refractivity contribution in [3.63, 3.8) is 0 Å². The Balaban J connectivity index is 1.42. The van der Waals surface area contributed by atoms with Crippen molar-refractivity contribution in [3.8, 4) is 11.4 Å². The van der Waals surface area contributed by atoms with Gasteiger partial charge < -0.3 is 14.3 Å². The van der Waals surface area contributed by atoms with Gasteiger partial charge in [0.25, 0.3) is 0 Å². The molecular weight excluding hydrogens is 360 g/mol. The molecule has 140 valence electrons. The summed E-state index contributed by atoms with van der Waals surface area (Å²) >= 11 is 1.40. The lowest BCUT2D eigenvalue weighted by atomic mass is 10.1. The number of amides is 1. The normalized spacial score (nSPS) is 13.0. The zero-order valence-corrected chi connectivity index (χ0v) is 16.3. The molecule has 7 heteroatoms. The number of aryl methyl sites for hydroxylation is 3. The van der Waals surface area contributed by atoms with Crippen molar-refractivity contribution in [1.82, 2.24) is 14.8 Å². The number of thioether (sulfide) groups is 1. The van der Waals surface area contributed by atoms with Gasteiger partial charge >= 0.3 is 0 Å². The number of hydrogen-bond acceptors (Lipinski definition) is 5. The molecule has 0 spiro atoms. The number of aromatic nitrogens is 3. The summed E-state index contributed by atoms with van der Waals surface area (Å²) in [7, 11) is 0. The first-order valence-corrected chi connectivity index (χ1v) is 10.2. The highest BCUT2D eigenvalue weighted by atomic mass is 32.2. The van der Waals surface area contributed by atoms with Crippen LogP contribution in [0.15, 0.2) is 40.1 Å². The van der Waals surface area contributed by atoms with Gasteiger partial charge in [-0.2, -0.15) is 0 Å². The maximum Gasteiger partial charge on any atom is 0.234 e. The molecular formula is C20H22N4O2S. The fourth-order valence-electron chi connectivity index (χ4n) is 3.47. The smallest absolute Gasteiger partial charge is 0.234 e. The number of nitrogens with zero attached hydrogens (tertiary/aromatic N) is 3. The number of benzene rings is 1. The fourth-order valence-corrected chi connectivity index (χ4v) is 4.28. The molecule has 0 saturated carbocycles. The molecule has 0 fully saturated rings. The summed E-state index contributed by atoms with van der Waals surface area (Å²) in [5.74, 6) is 1.83. The summed E-state index contributed by atoms with van der Waals surface area (Å²) in [4.78, 5) is 12.4. The van der Waals surface area contributed by atoms with Crippen molar-refractivity contribution < 1.29 is 9.21 Å². The molecule has 1 amide bonds. The molecule has 1 N–H and O–H groups in total. The summed E-state index contributed by atoms with van der Waals surface area (Å²) in [6.07, 6.45) is 5.10. The van der Waals surface area contributed by atoms with Crippen LogP contribution in [0.4, 0.5) is 5.69 Å². The minimum absolute atomic E-state index is 0.0374. The standard InChI is InChI=1S/C20H22N4O2S/c1-3-24-19(17-9-10-26-13(17)2)22-23-20(24)27-12-18(25)21-16-8-7-14-5-4-6-15(14)11-16/h7-11H,3-6,12H2,1-2H3,(H,21,25). The first-order valence-electron chi connectivity index (χ1n) is 9.18. The largest absolute Gasteiger partial charge is 0.469 e. The number of nitrogens with one attached hydrogen (secondary N) is 1. The van der Waals surface area contributed by atoms with Crippen molar-refractivity contribution in [2.45, 2.75) is 44.8 Å². The van der Waals surface area contributed by atoms with Crippen molar-refractivity contribution in [2.24, 2.45) is 0 Å². The van der Waals surface area contributed by atoms with E-state index in [1.807, 2.05) is 30.5 Å². The Morgan fingerprint density at radius 2 is 2.11 bits per heavy atom. The molecule has 0 saturated heterocycles. The van der Waals surface area contributed by atoms with Crippen molar-refractivity contribution in [3.05, 3.63) is 47.4 Å². The summed E-state index contributed by atoms with van der Waals surface area (Å²) in [6.45, 7) is 4.67. The maximum atomic E-state index is 12.4. The Morgan fingerprint density at radius 1 is 1.26 bits per heavy atom. The monoisotopic (exact) mass is 382 g/mol. The van der Waals surface area contributed by atoms with Crippen LogP contribution >= 0.6 is 11.8 Å². The molecule has 27 heavy (non-hydrogen) atoms. The van der Waals surface area contributed by atoms with E-state index in [2.05, 4.69) is 27.6 Å². The lowest BCUT2D eigenvalue weighted by Crippen LogP contribution is -2.14. The van der Waals surface area contributed by atoms with Crippen LogP contribution in [0.25, 0.3) is 11.4 Å². The van der Waals surface area contributed by atoms with Gasteiger partial charge in [-0.05, 0) is 62.4 Å². The van der Waals surface area contributed by atoms with E-state index in [-0.39, 0.29) is 5.91 Å². The highest BCUT2D eigenvalue weighted by Gasteiger charge is 2.17. The van der Waals surface area contributed by atoms with E-state index in [9.17, 15) is 4.79 Å². The van der Waals surface area contributed by atoms with Gasteiger partial charge in [-0.25, -0.2) is 0 Å². The van der Waals surface area contributed by atoms with Crippen LogP contribution in [-0.2, 0) is 24.2 Å². The highest BCUT2D eigenvalue weighted by molar-refractivity contribution is 7.99. The van der Waals surface area contributed by atoms with Crippen molar-refractivity contribution in [1.29, 1.82) is 0 Å². The van der Waals surface area contributed by atoms with Gasteiger partial charge in [0.1, 0.15) is 5.76 Å². The topological polar surface area (TPSA) is 73.0 Å². The third kappa shape index (κ3) is 3.64. The molecule has 4 rings (SSSR count). The molecule has 0 aliphatic heterocycles. The average molecular weight is 382 g/mol. The molecule has 2 aromatic heterocycles. The fraction of sp³-hybridized carbons (Fsp3) is 0.350. The molecule has 1 aliphatic rings. The van der Waals surface area contributed by atoms with E-state index >= 15 is 0 Å². The first kappa shape index (κ1) is 17.9. The van der Waals surface area contributed by atoms with E-state index in [4.69, 9.17) is 4.42 Å².